The third-order valence-electron chi connectivity index (χ3n) is 12.1. The first-order valence-electron chi connectivity index (χ1n) is 23.2. The number of hydrogen-bond donors (Lipinski definition) is 2. The van der Waals surface area contributed by atoms with Crippen LogP contribution in [0.25, 0.3) is 16.7 Å². The van der Waals surface area contributed by atoms with Crippen LogP contribution >= 0.6 is 0 Å². The smallest absolute Gasteiger partial charge is 0.343 e. The van der Waals surface area contributed by atoms with Gasteiger partial charge in [-0.25, -0.2) is 4.79 Å². The molecule has 2 N–H and O–H groups in total. The van der Waals surface area contributed by atoms with E-state index < -0.39 is 53.8 Å². The van der Waals surface area contributed by atoms with Gasteiger partial charge >= 0.3 is 5.97 Å². The first-order chi connectivity index (χ1) is 34.8. The molecule has 7 aromatic carbocycles. The Morgan fingerprint density at radius 1 is 0.592 bits per heavy atom. The van der Waals surface area contributed by atoms with Crippen molar-refractivity contribution in [2.45, 2.75) is 56.9 Å². The van der Waals surface area contributed by atoms with Crippen molar-refractivity contribution in [2.75, 3.05) is 13.7 Å². The number of allylic oxidation sites excluding steroid dienone is 1. The number of rotatable bonds is 20. The van der Waals surface area contributed by atoms with Gasteiger partial charge < -0.3 is 47.8 Å². The number of ketones is 1. The molecule has 12 nitrogen and oxygen atoms in total. The van der Waals surface area contributed by atoms with E-state index in [0.29, 0.717) is 10.9 Å². The van der Waals surface area contributed by atoms with Crippen molar-refractivity contribution in [1.82, 2.24) is 0 Å². The fraction of sp³-hybridized carbons (Fsp3) is 0.186. The quantitative estimate of drug-likeness (QED) is 0.0246. The molecule has 0 saturated carbocycles. The molecule has 8 aromatic rings. The molecule has 360 valence electrons. The van der Waals surface area contributed by atoms with Crippen molar-refractivity contribution in [1.29, 1.82) is 0 Å². The maximum absolute atomic E-state index is 14.6. The minimum Gasteiger partial charge on any atom is -0.507 e. The molecule has 1 aliphatic rings. The van der Waals surface area contributed by atoms with Gasteiger partial charge in [-0.1, -0.05) is 140 Å². The van der Waals surface area contributed by atoms with Crippen LogP contribution in [0.3, 0.4) is 0 Å². The molecule has 0 aliphatic carbocycles. The lowest BCUT2D eigenvalue weighted by atomic mass is 9.87. The molecule has 1 aromatic heterocycles. The minimum atomic E-state index is -1.18. The van der Waals surface area contributed by atoms with Gasteiger partial charge in [0, 0.05) is 11.6 Å². The molecule has 9 rings (SSSR count). The van der Waals surface area contributed by atoms with E-state index >= 15 is 0 Å². The van der Waals surface area contributed by atoms with E-state index in [1.165, 1.54) is 37.6 Å². The zero-order chi connectivity index (χ0) is 48.9. The SMILES string of the molecule is COc1c(C(=O)/C=C(\O)c2ccc(OC(=O)c3ccccc3)cc2)c(O)c([C@@H]2O[C@H](COCc3ccccc3)[C@@H](OCc3ccccc3)[C@H](OCc3ccccc3)[C@H]2OCc2ccccc2)c2occc12. The zero-order valence-corrected chi connectivity index (χ0v) is 38.9. The number of benzene rings is 7. The van der Waals surface area contributed by atoms with E-state index in [0.717, 1.165) is 28.3 Å². The molecule has 2 heterocycles. The van der Waals surface area contributed by atoms with Crippen molar-refractivity contribution in [3.8, 4) is 17.2 Å². The van der Waals surface area contributed by atoms with E-state index in [4.69, 9.17) is 37.6 Å². The third kappa shape index (κ3) is 11.6. The fourth-order valence-corrected chi connectivity index (χ4v) is 8.62. The van der Waals surface area contributed by atoms with Crippen LogP contribution < -0.4 is 9.47 Å². The number of ether oxygens (including phenoxy) is 7. The van der Waals surface area contributed by atoms with Gasteiger partial charge in [0.05, 0.1) is 62.9 Å². The molecule has 5 atom stereocenters. The number of aromatic hydroxyl groups is 1. The molecule has 0 spiro atoms. The highest BCUT2D eigenvalue weighted by atomic mass is 16.6. The van der Waals surface area contributed by atoms with E-state index in [1.807, 2.05) is 121 Å². The number of carbonyl (C=O) groups excluding carboxylic acids is 2. The van der Waals surface area contributed by atoms with Gasteiger partial charge in [0.15, 0.2) is 5.78 Å². The van der Waals surface area contributed by atoms with E-state index in [2.05, 4.69) is 0 Å². The van der Waals surface area contributed by atoms with E-state index in [9.17, 15) is 19.8 Å². The number of aliphatic hydroxyl groups excluding tert-OH is 1. The highest BCUT2D eigenvalue weighted by Gasteiger charge is 2.51. The molecule has 0 radical (unpaired) electrons. The number of fused-ring (bicyclic) bond motifs is 1. The summed E-state index contributed by atoms with van der Waals surface area (Å²) in [5.41, 5.74) is 4.27. The summed E-state index contributed by atoms with van der Waals surface area (Å²) in [6.45, 7) is 0.791. The fourth-order valence-electron chi connectivity index (χ4n) is 8.62. The number of esters is 1. The lowest BCUT2D eigenvalue weighted by molar-refractivity contribution is -0.275. The second-order valence-electron chi connectivity index (χ2n) is 16.9. The van der Waals surface area contributed by atoms with Crippen LogP contribution in [0.2, 0.25) is 0 Å². The van der Waals surface area contributed by atoms with Gasteiger partial charge in [0.2, 0.25) is 0 Å². The predicted molar refractivity (Wildman–Crippen MR) is 266 cm³/mol. The van der Waals surface area contributed by atoms with Gasteiger partial charge in [0.1, 0.15) is 64.7 Å². The summed E-state index contributed by atoms with van der Waals surface area (Å²) in [5, 5.41) is 24.5. The predicted octanol–water partition coefficient (Wildman–Crippen LogP) is 11.6. The lowest BCUT2D eigenvalue weighted by Gasteiger charge is -2.46. The van der Waals surface area contributed by atoms with E-state index in [1.54, 1.807) is 36.4 Å². The van der Waals surface area contributed by atoms with E-state index in [-0.39, 0.29) is 66.8 Å². The first kappa shape index (κ1) is 48.2. The summed E-state index contributed by atoms with van der Waals surface area (Å²) < 4.78 is 51.9. The Kier molecular flexibility index (Phi) is 15.7. The van der Waals surface area contributed by atoms with Crippen molar-refractivity contribution >= 4 is 28.5 Å². The number of phenols is 1. The summed E-state index contributed by atoms with van der Waals surface area (Å²) in [6.07, 6.45) is -2.29. The normalized spacial score (nSPS) is 18.0. The standard InChI is InChI=1S/C59H52O12/c1-64-53-46-31-32-66-54(46)51(52(62)50(53)48(61)33-47(60)43-27-29-45(30-28-43)70-59(63)44-25-15-6-16-26-44)56-58(69-37-42-23-13-5-14-24-42)57(68-36-41-21-11-4-12-22-41)55(67-35-40-19-9-3-10-20-40)49(71-56)38-65-34-39-17-7-2-8-18-39/h2-33,49,55-58,60,62H,34-38H2,1H3/b47-33-/t49-,55-,56+,57+,58+/m1/s1. The monoisotopic (exact) mass is 952 g/mol. The number of methoxy groups -OCH3 is 1. The summed E-state index contributed by atoms with van der Waals surface area (Å²) in [4.78, 5) is 27.3. The van der Waals surface area contributed by atoms with Crippen LogP contribution in [-0.4, -0.2) is 60.1 Å². The molecule has 12 heteroatoms. The second-order valence-corrected chi connectivity index (χ2v) is 16.9. The average Bonchev–Trinajstić information content (AvgIpc) is 3.90. The molecular formula is C59H52O12. The van der Waals surface area contributed by atoms with Crippen LogP contribution in [0.15, 0.2) is 199 Å². The number of carbonyl (C=O) groups is 2. The Hall–Kier alpha value is -7.84. The third-order valence-corrected chi connectivity index (χ3v) is 12.1. The van der Waals surface area contributed by atoms with Crippen LogP contribution in [0.5, 0.6) is 17.2 Å². The summed E-state index contributed by atoms with van der Waals surface area (Å²) in [5.74, 6) is -2.04. The second kappa shape index (κ2) is 23.2. The van der Waals surface area contributed by atoms with Gasteiger partial charge in [-0.05, 0) is 64.7 Å². The summed E-state index contributed by atoms with van der Waals surface area (Å²) in [7, 11) is 1.38. The van der Waals surface area contributed by atoms with Crippen molar-refractivity contribution in [2.24, 2.45) is 0 Å². The van der Waals surface area contributed by atoms with Gasteiger partial charge in [-0.2, -0.15) is 0 Å². The Labute approximate surface area is 411 Å². The zero-order valence-electron chi connectivity index (χ0n) is 38.9. The van der Waals surface area contributed by atoms with Crippen molar-refractivity contribution in [3.63, 3.8) is 0 Å². The van der Waals surface area contributed by atoms with Crippen LogP contribution in [0, 0.1) is 0 Å². The van der Waals surface area contributed by atoms with Gasteiger partial charge in [-0.3, -0.25) is 4.79 Å². The Bertz CT molecular complexity index is 3010. The van der Waals surface area contributed by atoms with Gasteiger partial charge in [-0.15, -0.1) is 0 Å². The Morgan fingerprint density at radius 2 is 1.10 bits per heavy atom. The molecule has 0 unspecified atom stereocenters. The largest absolute Gasteiger partial charge is 0.507 e. The topological polar surface area (TPSA) is 152 Å². The van der Waals surface area contributed by atoms with Crippen LogP contribution in [-0.2, 0) is 50.1 Å². The summed E-state index contributed by atoms with van der Waals surface area (Å²) >= 11 is 0. The summed E-state index contributed by atoms with van der Waals surface area (Å²) in [6, 6.07) is 55.1. The number of hydrogen-bond acceptors (Lipinski definition) is 12. The molecule has 0 amide bonds. The number of furan rings is 1. The first-order valence-corrected chi connectivity index (χ1v) is 23.2. The molecule has 1 aliphatic heterocycles. The van der Waals surface area contributed by atoms with Crippen LogP contribution in [0.1, 0.15) is 60.2 Å². The highest BCUT2D eigenvalue weighted by Crippen LogP contribution is 2.49. The maximum Gasteiger partial charge on any atom is 0.343 e. The van der Waals surface area contributed by atoms with Crippen molar-refractivity contribution < 1.29 is 57.4 Å². The Morgan fingerprint density at radius 3 is 1.65 bits per heavy atom. The van der Waals surface area contributed by atoms with Crippen LogP contribution in [0.4, 0.5) is 0 Å². The minimum absolute atomic E-state index is 0.00785. The number of phenolic OH excluding ortho intramolecular Hbond substituents is 1. The Balaban J connectivity index is 1.12. The van der Waals surface area contributed by atoms with Gasteiger partial charge in [0.25, 0.3) is 0 Å². The molecule has 71 heavy (non-hydrogen) atoms. The molecule has 1 saturated heterocycles. The average molecular weight is 953 g/mol. The molecular weight excluding hydrogens is 901 g/mol. The number of aliphatic hydroxyl groups is 1. The maximum atomic E-state index is 14.6. The van der Waals surface area contributed by atoms with Crippen molar-refractivity contribution in [3.05, 3.63) is 239 Å². The lowest BCUT2D eigenvalue weighted by Crippen LogP contribution is -2.58. The molecule has 1 fully saturated rings. The highest BCUT2D eigenvalue weighted by molar-refractivity contribution is 6.15. The molecule has 0 bridgehead atoms.